The van der Waals surface area contributed by atoms with E-state index in [4.69, 9.17) is 0 Å². The van der Waals surface area contributed by atoms with Crippen molar-refractivity contribution in [1.29, 1.82) is 0 Å². The number of halogens is 1. The van der Waals surface area contributed by atoms with Crippen molar-refractivity contribution in [3.63, 3.8) is 0 Å². The number of nitrogens with one attached hydrogen (secondary N) is 1. The van der Waals surface area contributed by atoms with E-state index in [2.05, 4.69) is 33.2 Å². The molecule has 1 amide bonds. The van der Waals surface area contributed by atoms with E-state index in [0.717, 1.165) is 39.2 Å². The van der Waals surface area contributed by atoms with Gasteiger partial charge in [0.2, 0.25) is 0 Å². The molecule has 0 atom stereocenters. The summed E-state index contributed by atoms with van der Waals surface area (Å²) in [5.74, 6) is -0.125. The summed E-state index contributed by atoms with van der Waals surface area (Å²) in [6.45, 7) is 6.10. The van der Waals surface area contributed by atoms with Gasteiger partial charge in [-0.1, -0.05) is 22.9 Å². The second kappa shape index (κ2) is 6.16. The van der Waals surface area contributed by atoms with Gasteiger partial charge in [-0.25, -0.2) is 4.98 Å². The summed E-state index contributed by atoms with van der Waals surface area (Å²) in [6.07, 6.45) is 2.73. The Hall–Kier alpha value is -2.14. The van der Waals surface area contributed by atoms with Crippen LogP contribution >= 0.6 is 15.9 Å². The molecular weight excluding hydrogens is 354 g/mol. The van der Waals surface area contributed by atoms with Gasteiger partial charge in [0.1, 0.15) is 5.65 Å². The van der Waals surface area contributed by atoms with E-state index in [-0.39, 0.29) is 5.91 Å². The molecular formula is C18H18BrN3O. The van der Waals surface area contributed by atoms with Crippen LogP contribution in [-0.4, -0.2) is 15.3 Å². The van der Waals surface area contributed by atoms with Gasteiger partial charge in [-0.05, 0) is 56.2 Å². The SMILES string of the molecule is CCc1nc2ccc(C(=O)Nc3ccc(Br)c(C)c3)cn2c1C. The molecule has 0 fully saturated rings. The maximum absolute atomic E-state index is 12.5. The number of hydrogen-bond donors (Lipinski definition) is 1. The lowest BCUT2D eigenvalue weighted by atomic mass is 10.2. The Labute approximate surface area is 143 Å². The van der Waals surface area contributed by atoms with Crippen molar-refractivity contribution in [2.24, 2.45) is 0 Å². The molecule has 0 saturated carbocycles. The smallest absolute Gasteiger partial charge is 0.257 e. The molecule has 5 heteroatoms. The molecule has 3 aromatic rings. The number of fused-ring (bicyclic) bond motifs is 1. The lowest BCUT2D eigenvalue weighted by Gasteiger charge is -2.08. The van der Waals surface area contributed by atoms with Crippen LogP contribution < -0.4 is 5.32 Å². The Morgan fingerprint density at radius 1 is 1.26 bits per heavy atom. The second-order valence-electron chi connectivity index (χ2n) is 5.56. The first-order chi connectivity index (χ1) is 11.0. The number of hydrogen-bond acceptors (Lipinski definition) is 2. The fraction of sp³-hybridized carbons (Fsp3) is 0.222. The van der Waals surface area contributed by atoms with Crippen LogP contribution in [0.5, 0.6) is 0 Å². The van der Waals surface area contributed by atoms with Crippen LogP contribution in [0.1, 0.15) is 34.2 Å². The summed E-state index contributed by atoms with van der Waals surface area (Å²) in [7, 11) is 0. The predicted molar refractivity (Wildman–Crippen MR) is 96.1 cm³/mol. The first-order valence-corrected chi connectivity index (χ1v) is 8.34. The fourth-order valence-corrected chi connectivity index (χ4v) is 2.85. The zero-order valence-electron chi connectivity index (χ0n) is 13.4. The molecule has 0 saturated heterocycles. The van der Waals surface area contributed by atoms with Gasteiger partial charge in [0.15, 0.2) is 0 Å². The van der Waals surface area contributed by atoms with Gasteiger partial charge in [0, 0.05) is 22.1 Å². The molecule has 1 N–H and O–H groups in total. The number of pyridine rings is 1. The van der Waals surface area contributed by atoms with Crippen LogP contribution in [-0.2, 0) is 6.42 Å². The molecule has 0 unspecified atom stereocenters. The highest BCUT2D eigenvalue weighted by atomic mass is 79.9. The minimum Gasteiger partial charge on any atom is -0.322 e. The molecule has 0 bridgehead atoms. The molecule has 0 radical (unpaired) electrons. The monoisotopic (exact) mass is 371 g/mol. The normalized spacial score (nSPS) is 11.0. The van der Waals surface area contributed by atoms with E-state index in [1.165, 1.54) is 0 Å². The average molecular weight is 372 g/mol. The standard InChI is InChI=1S/C18H18BrN3O/c1-4-16-12(3)22-10-13(5-8-17(22)21-16)18(23)20-14-6-7-15(19)11(2)9-14/h5-10H,4H2,1-3H3,(H,20,23). The quantitative estimate of drug-likeness (QED) is 0.734. The van der Waals surface area contributed by atoms with Crippen molar-refractivity contribution in [3.05, 3.63) is 63.5 Å². The zero-order valence-corrected chi connectivity index (χ0v) is 14.9. The Balaban J connectivity index is 1.91. The first kappa shape index (κ1) is 15.7. The molecule has 2 aromatic heterocycles. The van der Waals surface area contributed by atoms with Gasteiger partial charge in [-0.3, -0.25) is 4.79 Å². The molecule has 0 aliphatic carbocycles. The maximum atomic E-state index is 12.5. The Morgan fingerprint density at radius 2 is 2.04 bits per heavy atom. The summed E-state index contributed by atoms with van der Waals surface area (Å²) in [5.41, 5.74) is 5.49. The second-order valence-corrected chi connectivity index (χ2v) is 6.42. The largest absolute Gasteiger partial charge is 0.322 e. The molecule has 23 heavy (non-hydrogen) atoms. The number of imidazole rings is 1. The molecule has 0 spiro atoms. The number of amides is 1. The highest BCUT2D eigenvalue weighted by molar-refractivity contribution is 9.10. The number of carbonyl (C=O) groups excluding carboxylic acids is 1. The molecule has 2 heterocycles. The Morgan fingerprint density at radius 3 is 2.74 bits per heavy atom. The van der Waals surface area contributed by atoms with E-state index in [1.54, 1.807) is 0 Å². The molecule has 0 aliphatic heterocycles. The van der Waals surface area contributed by atoms with Crippen molar-refractivity contribution in [1.82, 2.24) is 9.38 Å². The number of nitrogens with zero attached hydrogens (tertiary/aromatic N) is 2. The van der Waals surface area contributed by atoms with Crippen molar-refractivity contribution in [2.45, 2.75) is 27.2 Å². The van der Waals surface area contributed by atoms with Gasteiger partial charge in [-0.15, -0.1) is 0 Å². The van der Waals surface area contributed by atoms with Crippen LogP contribution in [0.4, 0.5) is 5.69 Å². The highest BCUT2D eigenvalue weighted by Gasteiger charge is 2.11. The number of aromatic nitrogens is 2. The minimum atomic E-state index is -0.125. The Bertz CT molecular complexity index is 899. The Kier molecular flexibility index (Phi) is 4.22. The van der Waals surface area contributed by atoms with Gasteiger partial charge in [-0.2, -0.15) is 0 Å². The van der Waals surface area contributed by atoms with Crippen LogP contribution in [0, 0.1) is 13.8 Å². The molecule has 0 aliphatic rings. The highest BCUT2D eigenvalue weighted by Crippen LogP contribution is 2.21. The fourth-order valence-electron chi connectivity index (χ4n) is 2.61. The van der Waals surface area contributed by atoms with Crippen LogP contribution in [0.25, 0.3) is 5.65 Å². The van der Waals surface area contributed by atoms with Crippen LogP contribution in [0.3, 0.4) is 0 Å². The van der Waals surface area contributed by atoms with Gasteiger partial charge >= 0.3 is 0 Å². The molecule has 118 valence electrons. The van der Waals surface area contributed by atoms with Crippen molar-refractivity contribution < 1.29 is 4.79 Å². The van der Waals surface area contributed by atoms with Gasteiger partial charge in [0.25, 0.3) is 5.91 Å². The van der Waals surface area contributed by atoms with Crippen LogP contribution in [0.15, 0.2) is 41.0 Å². The molecule has 1 aromatic carbocycles. The van der Waals surface area contributed by atoms with Crippen molar-refractivity contribution >= 4 is 33.2 Å². The summed E-state index contributed by atoms with van der Waals surface area (Å²) in [5, 5.41) is 2.94. The van der Waals surface area contributed by atoms with E-state index >= 15 is 0 Å². The summed E-state index contributed by atoms with van der Waals surface area (Å²) in [6, 6.07) is 9.45. The van der Waals surface area contributed by atoms with Crippen molar-refractivity contribution in [2.75, 3.05) is 5.32 Å². The maximum Gasteiger partial charge on any atom is 0.257 e. The number of rotatable bonds is 3. The van der Waals surface area contributed by atoms with E-state index in [0.29, 0.717) is 5.56 Å². The summed E-state index contributed by atoms with van der Waals surface area (Å²) < 4.78 is 3.00. The van der Waals surface area contributed by atoms with E-state index in [1.807, 2.05) is 54.8 Å². The average Bonchev–Trinajstić information content (AvgIpc) is 2.86. The third-order valence-corrected chi connectivity index (χ3v) is 4.86. The number of benzene rings is 1. The summed E-state index contributed by atoms with van der Waals surface area (Å²) in [4.78, 5) is 17.0. The number of carbonyl (C=O) groups is 1. The van der Waals surface area contributed by atoms with Gasteiger partial charge < -0.3 is 9.72 Å². The first-order valence-electron chi connectivity index (χ1n) is 7.54. The van der Waals surface area contributed by atoms with Crippen LogP contribution in [0.2, 0.25) is 0 Å². The number of aryl methyl sites for hydroxylation is 3. The molecule has 4 nitrogen and oxygen atoms in total. The lowest BCUT2D eigenvalue weighted by Crippen LogP contribution is -2.12. The minimum absolute atomic E-state index is 0.125. The summed E-state index contributed by atoms with van der Waals surface area (Å²) >= 11 is 3.46. The van der Waals surface area contributed by atoms with Gasteiger partial charge in [0.05, 0.1) is 11.3 Å². The zero-order chi connectivity index (χ0) is 16.6. The topological polar surface area (TPSA) is 46.4 Å². The number of anilines is 1. The van der Waals surface area contributed by atoms with Crippen molar-refractivity contribution in [3.8, 4) is 0 Å². The lowest BCUT2D eigenvalue weighted by molar-refractivity contribution is 0.102. The third-order valence-electron chi connectivity index (χ3n) is 3.97. The van der Waals surface area contributed by atoms with E-state index in [9.17, 15) is 4.79 Å². The van der Waals surface area contributed by atoms with E-state index < -0.39 is 0 Å². The third kappa shape index (κ3) is 3.01. The predicted octanol–water partition coefficient (Wildman–Crippen LogP) is 4.53. The molecule has 3 rings (SSSR count).